The van der Waals surface area contributed by atoms with Crippen LogP contribution in [0.25, 0.3) is 11.0 Å². The van der Waals surface area contributed by atoms with Crippen LogP contribution in [-0.2, 0) is 6.54 Å². The number of aromatic nitrogens is 2. The van der Waals surface area contributed by atoms with E-state index < -0.39 is 6.43 Å². The quantitative estimate of drug-likeness (QED) is 0.734. The van der Waals surface area contributed by atoms with Crippen LogP contribution in [0.5, 0.6) is 0 Å². The Labute approximate surface area is 141 Å². The lowest BCUT2D eigenvalue weighted by Gasteiger charge is -2.10. The molecule has 0 atom stereocenters. The molecule has 2 N–H and O–H groups in total. The maximum absolute atomic E-state index is 12.7. The second-order valence-corrected chi connectivity index (χ2v) is 6.54. The van der Waals surface area contributed by atoms with Gasteiger partial charge in [0.05, 0.1) is 15.9 Å². The molecule has 0 unspecified atom stereocenters. The molecular weight excluding hydrogens is 334 g/mol. The molecule has 0 spiro atoms. The Morgan fingerprint density at radius 3 is 2.88 bits per heavy atom. The molecule has 3 aromatic rings. The highest BCUT2D eigenvalue weighted by Crippen LogP contribution is 2.24. The highest BCUT2D eigenvalue weighted by atomic mass is 32.1. The lowest BCUT2D eigenvalue weighted by molar-refractivity contribution is 0.102. The van der Waals surface area contributed by atoms with E-state index in [1.807, 2.05) is 30.4 Å². The number of thiophene rings is 1. The number of imidazole rings is 1. The Balaban J connectivity index is 1.81. The smallest absolute Gasteiger partial charge is 0.295 e. The van der Waals surface area contributed by atoms with E-state index >= 15 is 0 Å². The first-order valence-corrected chi connectivity index (χ1v) is 8.12. The molecule has 0 saturated carbocycles. The molecule has 2 aromatic heterocycles. The summed E-state index contributed by atoms with van der Waals surface area (Å²) in [5.74, 6) is -0.588. The molecule has 1 aromatic carbocycles. The number of halogens is 2. The summed E-state index contributed by atoms with van der Waals surface area (Å²) in [6.07, 6.45) is -2.66. The Morgan fingerprint density at radius 2 is 2.17 bits per heavy atom. The third-order valence-electron chi connectivity index (χ3n) is 3.40. The highest BCUT2D eigenvalue weighted by Gasteiger charge is 2.16. The van der Waals surface area contributed by atoms with Crippen LogP contribution in [0, 0.1) is 0 Å². The number of carbonyl (C=O) groups excluding carboxylic acids is 1. The number of hydrogen-bond donors (Lipinski definition) is 2. The van der Waals surface area contributed by atoms with Crippen molar-refractivity contribution in [1.82, 2.24) is 14.9 Å². The summed E-state index contributed by atoms with van der Waals surface area (Å²) in [6.45, 7) is 0.670. The molecule has 24 heavy (non-hydrogen) atoms. The summed E-state index contributed by atoms with van der Waals surface area (Å²) in [7, 11) is 3.87. The number of alkyl halides is 2. The maximum Gasteiger partial charge on any atom is 0.295 e. The number of nitrogens with one attached hydrogen (secondary N) is 2. The van der Waals surface area contributed by atoms with E-state index in [0.717, 1.165) is 5.56 Å². The lowest BCUT2D eigenvalue weighted by atomic mass is 10.2. The number of benzene rings is 1. The van der Waals surface area contributed by atoms with E-state index in [4.69, 9.17) is 0 Å². The van der Waals surface area contributed by atoms with Crippen molar-refractivity contribution in [2.75, 3.05) is 19.4 Å². The molecule has 0 aliphatic heterocycles. The number of fused-ring (bicyclic) bond motifs is 1. The molecule has 126 valence electrons. The molecule has 0 fully saturated rings. The average Bonchev–Trinajstić information content (AvgIpc) is 3.12. The van der Waals surface area contributed by atoms with E-state index in [1.54, 1.807) is 18.2 Å². The van der Waals surface area contributed by atoms with Crippen LogP contribution in [0.15, 0.2) is 29.6 Å². The molecule has 0 aliphatic carbocycles. The number of H-pyrrole nitrogens is 1. The van der Waals surface area contributed by atoms with Crippen LogP contribution < -0.4 is 5.32 Å². The minimum absolute atomic E-state index is 0.213. The molecule has 0 aliphatic rings. The van der Waals surface area contributed by atoms with Crippen molar-refractivity contribution in [3.63, 3.8) is 0 Å². The van der Waals surface area contributed by atoms with Gasteiger partial charge in [-0.2, -0.15) is 0 Å². The van der Waals surface area contributed by atoms with Crippen LogP contribution in [-0.4, -0.2) is 34.9 Å². The van der Waals surface area contributed by atoms with Crippen molar-refractivity contribution in [3.05, 3.63) is 45.9 Å². The van der Waals surface area contributed by atoms with Crippen molar-refractivity contribution >= 4 is 34.0 Å². The molecule has 2 heterocycles. The SMILES string of the molecule is CN(C)Cc1ccsc1C(=O)Nc1ccc2nc(C(F)F)[nH]c2c1. The predicted octanol–water partition coefficient (Wildman–Crippen LogP) is 3.88. The minimum Gasteiger partial charge on any atom is -0.337 e. The third kappa shape index (κ3) is 3.44. The minimum atomic E-state index is -2.66. The molecule has 0 radical (unpaired) electrons. The Kier molecular flexibility index (Phi) is 4.59. The van der Waals surface area contributed by atoms with Gasteiger partial charge in [-0.3, -0.25) is 4.79 Å². The standard InChI is InChI=1S/C16H16F2N4OS/c1-22(2)8-9-5-6-24-13(9)16(23)19-10-3-4-11-12(7-10)21-15(20-11)14(17)18/h3-7,14H,8H2,1-2H3,(H,19,23)(H,20,21). The van der Waals surface area contributed by atoms with Crippen molar-refractivity contribution in [3.8, 4) is 0 Å². The van der Waals surface area contributed by atoms with Crippen molar-refractivity contribution in [2.45, 2.75) is 13.0 Å². The van der Waals surface area contributed by atoms with E-state index in [0.29, 0.717) is 28.1 Å². The number of amides is 1. The Hall–Kier alpha value is -2.32. The van der Waals surface area contributed by atoms with Gasteiger partial charge in [-0.15, -0.1) is 11.3 Å². The van der Waals surface area contributed by atoms with Crippen LogP contribution in [0.1, 0.15) is 27.5 Å². The fraction of sp³-hybridized carbons (Fsp3) is 0.250. The average molecular weight is 350 g/mol. The molecule has 0 bridgehead atoms. The van der Waals surface area contributed by atoms with E-state index in [2.05, 4.69) is 15.3 Å². The van der Waals surface area contributed by atoms with Crippen molar-refractivity contribution < 1.29 is 13.6 Å². The van der Waals surface area contributed by atoms with E-state index in [-0.39, 0.29) is 11.7 Å². The summed E-state index contributed by atoms with van der Waals surface area (Å²) >= 11 is 1.37. The van der Waals surface area contributed by atoms with Gasteiger partial charge >= 0.3 is 0 Å². The number of hydrogen-bond acceptors (Lipinski definition) is 4. The van der Waals surface area contributed by atoms with Crippen molar-refractivity contribution in [1.29, 1.82) is 0 Å². The summed E-state index contributed by atoms with van der Waals surface area (Å²) in [4.78, 5) is 21.5. The zero-order chi connectivity index (χ0) is 17.3. The normalized spacial score (nSPS) is 11.6. The molecule has 1 amide bonds. The fourth-order valence-electron chi connectivity index (χ4n) is 2.40. The summed E-state index contributed by atoms with van der Waals surface area (Å²) in [5.41, 5.74) is 2.38. The number of carbonyl (C=O) groups is 1. The first kappa shape index (κ1) is 16.5. The zero-order valence-electron chi connectivity index (χ0n) is 13.1. The van der Waals surface area contributed by atoms with Gasteiger partial charge in [0.1, 0.15) is 0 Å². The van der Waals surface area contributed by atoms with Gasteiger partial charge in [-0.05, 0) is 49.3 Å². The first-order valence-electron chi connectivity index (χ1n) is 7.24. The lowest BCUT2D eigenvalue weighted by Crippen LogP contribution is -2.16. The monoisotopic (exact) mass is 350 g/mol. The maximum atomic E-state index is 12.7. The topological polar surface area (TPSA) is 61.0 Å². The number of nitrogens with zero attached hydrogens (tertiary/aromatic N) is 2. The molecule has 0 saturated heterocycles. The Morgan fingerprint density at radius 1 is 1.38 bits per heavy atom. The van der Waals surface area contributed by atoms with Gasteiger partial charge in [-0.25, -0.2) is 13.8 Å². The van der Waals surface area contributed by atoms with Crippen LogP contribution in [0.4, 0.5) is 14.5 Å². The van der Waals surface area contributed by atoms with Gasteiger partial charge in [-0.1, -0.05) is 0 Å². The Bertz CT molecular complexity index is 872. The van der Waals surface area contributed by atoms with Crippen LogP contribution in [0.3, 0.4) is 0 Å². The van der Waals surface area contributed by atoms with Gasteiger partial charge in [0.15, 0.2) is 5.82 Å². The molecule has 3 rings (SSSR count). The van der Waals surface area contributed by atoms with Gasteiger partial charge in [0.25, 0.3) is 12.3 Å². The molecule has 5 nitrogen and oxygen atoms in total. The molecule has 8 heteroatoms. The van der Waals surface area contributed by atoms with E-state index in [9.17, 15) is 13.6 Å². The number of rotatable bonds is 5. The zero-order valence-corrected chi connectivity index (χ0v) is 14.0. The van der Waals surface area contributed by atoms with Crippen LogP contribution >= 0.6 is 11.3 Å². The molecular formula is C16H16F2N4OS. The van der Waals surface area contributed by atoms with Gasteiger partial charge in [0, 0.05) is 12.2 Å². The second kappa shape index (κ2) is 6.66. The third-order valence-corrected chi connectivity index (χ3v) is 4.36. The summed E-state index contributed by atoms with van der Waals surface area (Å²) in [5, 5.41) is 4.68. The second-order valence-electron chi connectivity index (χ2n) is 5.62. The fourth-order valence-corrected chi connectivity index (χ4v) is 3.21. The number of anilines is 1. The largest absolute Gasteiger partial charge is 0.337 e. The predicted molar refractivity (Wildman–Crippen MR) is 90.7 cm³/mol. The van der Waals surface area contributed by atoms with E-state index in [1.165, 1.54) is 11.3 Å². The first-order chi connectivity index (χ1) is 11.4. The van der Waals surface area contributed by atoms with Crippen molar-refractivity contribution in [2.24, 2.45) is 0 Å². The highest BCUT2D eigenvalue weighted by molar-refractivity contribution is 7.12. The van der Waals surface area contributed by atoms with Gasteiger partial charge in [0.2, 0.25) is 0 Å². The van der Waals surface area contributed by atoms with Crippen LogP contribution in [0.2, 0.25) is 0 Å². The van der Waals surface area contributed by atoms with Gasteiger partial charge < -0.3 is 15.2 Å². The summed E-state index contributed by atoms with van der Waals surface area (Å²) in [6, 6.07) is 6.77. The number of aromatic amines is 1. The summed E-state index contributed by atoms with van der Waals surface area (Å²) < 4.78 is 25.4.